The number of nitrogens with one attached hydrogen (secondary N) is 1. The van der Waals surface area contributed by atoms with Crippen LogP contribution < -0.4 is 10.1 Å². The van der Waals surface area contributed by atoms with E-state index in [1.807, 2.05) is 50.2 Å². The molecule has 1 N–H and O–H groups in total. The summed E-state index contributed by atoms with van der Waals surface area (Å²) in [6.45, 7) is 5.04. The van der Waals surface area contributed by atoms with E-state index in [4.69, 9.17) is 40.2 Å². The van der Waals surface area contributed by atoms with Crippen molar-refractivity contribution in [2.24, 2.45) is 0 Å². The molecule has 0 amide bonds. The second-order valence-corrected chi connectivity index (χ2v) is 8.89. The van der Waals surface area contributed by atoms with Gasteiger partial charge < -0.3 is 14.8 Å². The van der Waals surface area contributed by atoms with Crippen molar-refractivity contribution in [2.75, 3.05) is 18.2 Å². The summed E-state index contributed by atoms with van der Waals surface area (Å²) in [4.78, 5) is 10.8. The molecule has 0 aromatic heterocycles. The lowest BCUT2D eigenvalue weighted by Gasteiger charge is -2.19. The smallest absolute Gasteiger partial charge is 0.302 e. The molecule has 1 unspecified atom stereocenters. The number of thioether (sulfide) groups is 1. The van der Waals surface area contributed by atoms with Gasteiger partial charge in [-0.2, -0.15) is 0 Å². The predicted molar refractivity (Wildman–Crippen MR) is 127 cm³/mol. The fourth-order valence-corrected chi connectivity index (χ4v) is 4.79. The molecule has 1 heterocycles. The van der Waals surface area contributed by atoms with Crippen LogP contribution in [0.15, 0.2) is 36.4 Å². The summed E-state index contributed by atoms with van der Waals surface area (Å²) in [6.07, 6.45) is 0.0255. The number of hydrogen-bond donors (Lipinski definition) is 1. The monoisotopic (exact) mass is 471 g/mol. The van der Waals surface area contributed by atoms with Gasteiger partial charge in [-0.05, 0) is 49.2 Å². The number of rotatable bonds is 3. The molecule has 1 aliphatic rings. The first-order valence-corrected chi connectivity index (χ1v) is 11.1. The fraction of sp³-hybridized carbons (Fsp3) is 0.333. The number of halogens is 2. The van der Waals surface area contributed by atoms with Gasteiger partial charge >= 0.3 is 5.97 Å². The largest absolute Gasteiger partial charge is 0.495 e. The standard InChI is InChI=1S/C16H13Cl2NOS2.C5H10O2/c1-20-13-4-2-3-10(15(13)18)16-11-7-9(17)5-6-12(11)19-14(21)8-22-16;1-4(2)7-5(3)6/h2-7,16H,8H2,1H3,(H,19,21);4H,1-3H3. The van der Waals surface area contributed by atoms with Crippen molar-refractivity contribution in [3.8, 4) is 5.75 Å². The summed E-state index contributed by atoms with van der Waals surface area (Å²) >= 11 is 19.8. The number of fused-ring (bicyclic) bond motifs is 1. The van der Waals surface area contributed by atoms with Gasteiger partial charge in [0, 0.05) is 23.4 Å². The van der Waals surface area contributed by atoms with Crippen LogP contribution in [0, 0.1) is 0 Å². The average molecular weight is 472 g/mol. The topological polar surface area (TPSA) is 47.6 Å². The maximum absolute atomic E-state index is 10.0. The highest BCUT2D eigenvalue weighted by molar-refractivity contribution is 8.01. The zero-order valence-corrected chi connectivity index (χ0v) is 19.8. The quantitative estimate of drug-likeness (QED) is 0.405. The van der Waals surface area contributed by atoms with Crippen molar-refractivity contribution >= 4 is 63.8 Å². The second kappa shape index (κ2) is 11.1. The molecule has 0 saturated carbocycles. The van der Waals surface area contributed by atoms with E-state index in [9.17, 15) is 4.79 Å². The van der Waals surface area contributed by atoms with Crippen LogP contribution in [0.2, 0.25) is 10.0 Å². The highest BCUT2D eigenvalue weighted by Gasteiger charge is 2.25. The molecule has 0 aliphatic carbocycles. The van der Waals surface area contributed by atoms with Crippen molar-refractivity contribution in [2.45, 2.75) is 32.1 Å². The normalized spacial score (nSPS) is 15.4. The molecule has 156 valence electrons. The van der Waals surface area contributed by atoms with E-state index in [0.717, 1.165) is 27.6 Å². The first-order chi connectivity index (χ1) is 13.7. The Hall–Kier alpha value is -1.47. The average Bonchev–Trinajstić information content (AvgIpc) is 2.80. The first-order valence-electron chi connectivity index (χ1n) is 8.93. The Labute approximate surface area is 191 Å². The van der Waals surface area contributed by atoms with E-state index in [1.54, 1.807) is 18.9 Å². The lowest BCUT2D eigenvalue weighted by atomic mass is 10.0. The molecule has 0 saturated heterocycles. The molecule has 0 bridgehead atoms. The number of benzene rings is 2. The maximum Gasteiger partial charge on any atom is 0.302 e. The van der Waals surface area contributed by atoms with E-state index in [2.05, 4.69) is 10.1 Å². The van der Waals surface area contributed by atoms with Crippen LogP contribution in [0.1, 0.15) is 37.1 Å². The third-order valence-corrected chi connectivity index (χ3v) is 6.21. The van der Waals surface area contributed by atoms with Crippen LogP contribution >= 0.6 is 47.2 Å². The molecule has 0 fully saturated rings. The van der Waals surface area contributed by atoms with E-state index in [1.165, 1.54) is 6.92 Å². The van der Waals surface area contributed by atoms with Crippen LogP contribution in [0.4, 0.5) is 5.69 Å². The van der Waals surface area contributed by atoms with E-state index >= 15 is 0 Å². The number of carbonyl (C=O) groups excluding carboxylic acids is 1. The summed E-state index contributed by atoms with van der Waals surface area (Å²) in [5.41, 5.74) is 3.05. The van der Waals surface area contributed by atoms with Gasteiger partial charge in [-0.3, -0.25) is 4.79 Å². The molecular formula is C21H23Cl2NO3S2. The lowest BCUT2D eigenvalue weighted by Crippen LogP contribution is -2.09. The number of hydrogen-bond acceptors (Lipinski definition) is 5. The molecule has 3 rings (SSSR count). The van der Waals surface area contributed by atoms with Crippen molar-refractivity contribution in [3.05, 3.63) is 57.6 Å². The van der Waals surface area contributed by atoms with Crippen LogP contribution in [0.5, 0.6) is 5.75 Å². The summed E-state index contributed by atoms with van der Waals surface area (Å²) in [5, 5.41) is 4.64. The van der Waals surface area contributed by atoms with Gasteiger partial charge in [-0.15, -0.1) is 11.8 Å². The molecule has 8 heteroatoms. The Balaban J connectivity index is 0.000000370. The van der Waals surface area contributed by atoms with Gasteiger partial charge in [0.15, 0.2) is 0 Å². The predicted octanol–water partition coefficient (Wildman–Crippen LogP) is 6.54. The van der Waals surface area contributed by atoms with E-state index < -0.39 is 0 Å². The molecule has 4 nitrogen and oxygen atoms in total. The lowest BCUT2D eigenvalue weighted by molar-refractivity contribution is -0.144. The summed E-state index contributed by atoms with van der Waals surface area (Å²) in [6, 6.07) is 11.6. The van der Waals surface area contributed by atoms with Gasteiger partial charge in [0.2, 0.25) is 0 Å². The molecule has 1 atom stereocenters. The minimum atomic E-state index is -0.213. The molecule has 2 aromatic carbocycles. The maximum atomic E-state index is 10.0. The van der Waals surface area contributed by atoms with Gasteiger partial charge in [0.1, 0.15) is 5.75 Å². The number of esters is 1. The first kappa shape index (κ1) is 23.8. The zero-order chi connectivity index (χ0) is 21.6. The number of ether oxygens (including phenoxy) is 2. The van der Waals surface area contributed by atoms with E-state index in [0.29, 0.717) is 15.8 Å². The summed E-state index contributed by atoms with van der Waals surface area (Å²) in [5.74, 6) is 1.18. The minimum Gasteiger partial charge on any atom is -0.495 e. The third kappa shape index (κ3) is 6.78. The molecule has 0 radical (unpaired) electrons. The van der Waals surface area contributed by atoms with Gasteiger partial charge in [-0.25, -0.2) is 0 Å². The van der Waals surface area contributed by atoms with Gasteiger partial charge in [0.25, 0.3) is 0 Å². The summed E-state index contributed by atoms with van der Waals surface area (Å²) in [7, 11) is 1.62. The van der Waals surface area contributed by atoms with Crippen LogP contribution in [-0.4, -0.2) is 29.9 Å². The third-order valence-electron chi connectivity index (χ3n) is 3.85. The highest BCUT2D eigenvalue weighted by Crippen LogP contribution is 2.46. The van der Waals surface area contributed by atoms with Crippen molar-refractivity contribution < 1.29 is 14.3 Å². The number of anilines is 1. The minimum absolute atomic E-state index is 0.0255. The SMILES string of the molecule is CC(=O)OC(C)C.COc1cccc(C2SCC(=S)Nc3ccc(Cl)cc32)c1Cl. The van der Waals surface area contributed by atoms with Crippen LogP contribution in [-0.2, 0) is 9.53 Å². The molecule has 29 heavy (non-hydrogen) atoms. The number of carbonyl (C=O) groups is 1. The highest BCUT2D eigenvalue weighted by atomic mass is 35.5. The van der Waals surface area contributed by atoms with Crippen LogP contribution in [0.3, 0.4) is 0 Å². The van der Waals surface area contributed by atoms with E-state index in [-0.39, 0.29) is 17.3 Å². The van der Waals surface area contributed by atoms with Crippen molar-refractivity contribution in [1.29, 1.82) is 0 Å². The van der Waals surface area contributed by atoms with Crippen molar-refractivity contribution in [1.82, 2.24) is 0 Å². The Morgan fingerprint density at radius 3 is 2.55 bits per heavy atom. The van der Waals surface area contributed by atoms with Gasteiger partial charge in [0.05, 0.1) is 28.5 Å². The second-order valence-electron chi connectivity index (χ2n) is 6.49. The van der Waals surface area contributed by atoms with Gasteiger partial charge in [-0.1, -0.05) is 47.6 Å². The fourth-order valence-electron chi connectivity index (χ4n) is 2.78. The Bertz CT molecular complexity index is 890. The Morgan fingerprint density at radius 2 is 1.97 bits per heavy atom. The summed E-state index contributed by atoms with van der Waals surface area (Å²) < 4.78 is 9.94. The Morgan fingerprint density at radius 1 is 1.24 bits per heavy atom. The zero-order valence-electron chi connectivity index (χ0n) is 16.6. The molecule has 0 spiro atoms. The van der Waals surface area contributed by atoms with Crippen molar-refractivity contribution in [3.63, 3.8) is 0 Å². The molecule has 2 aromatic rings. The number of methoxy groups -OCH3 is 1. The molecule has 1 aliphatic heterocycles. The van der Waals surface area contributed by atoms with Crippen LogP contribution in [0.25, 0.3) is 0 Å². The molecular weight excluding hydrogens is 449 g/mol. The Kier molecular flexibility index (Phi) is 9.08. The number of thiocarbonyl (C=S) groups is 1.